The molecular weight excluding hydrogens is 523 g/mol. The van der Waals surface area contributed by atoms with Crippen LogP contribution in [-0.2, 0) is 13.9 Å². The van der Waals surface area contributed by atoms with Crippen LogP contribution in [0.5, 0.6) is 5.75 Å². The van der Waals surface area contributed by atoms with Gasteiger partial charge in [-0.1, -0.05) is 12.1 Å². The molecule has 15 heteroatoms. The van der Waals surface area contributed by atoms with Crippen LogP contribution in [0.1, 0.15) is 12.8 Å². The Labute approximate surface area is 210 Å². The average molecular weight is 553 g/mol. The van der Waals surface area contributed by atoms with E-state index in [0.29, 0.717) is 16.8 Å². The van der Waals surface area contributed by atoms with E-state index in [4.69, 9.17) is 32.2 Å². The number of nitrogens with one attached hydrogen (secondary N) is 1. The maximum absolute atomic E-state index is 12.5. The van der Waals surface area contributed by atoms with Crippen LogP contribution < -0.4 is 11.1 Å². The zero-order valence-electron chi connectivity index (χ0n) is 18.9. The summed E-state index contributed by atoms with van der Waals surface area (Å²) in [6, 6.07) is 8.14. The van der Waals surface area contributed by atoms with E-state index in [1.54, 1.807) is 18.2 Å². The number of phenols is 1. The van der Waals surface area contributed by atoms with Gasteiger partial charge >= 0.3 is 13.8 Å². The molecular formula is C21H30ClN2O11P. The third-order valence-electron chi connectivity index (χ3n) is 5.76. The van der Waals surface area contributed by atoms with Crippen LogP contribution in [0.2, 0.25) is 0 Å². The summed E-state index contributed by atoms with van der Waals surface area (Å²) in [4.78, 5) is 30.5. The molecule has 13 nitrogen and oxygen atoms in total. The molecule has 2 aromatic rings. The predicted octanol–water partition coefficient (Wildman–Crippen LogP) is -0.383. The number of nitrogen functional groups attached to an aromatic ring is 1. The van der Waals surface area contributed by atoms with Gasteiger partial charge in [-0.3, -0.25) is 9.79 Å². The fraction of sp³-hybridized carbons (Fsp3) is 0.476. The maximum atomic E-state index is 12.5. The monoisotopic (exact) mass is 552 g/mol. The first-order valence-electron chi connectivity index (χ1n) is 10.7. The summed E-state index contributed by atoms with van der Waals surface area (Å²) < 4.78 is 15.2. The lowest BCUT2D eigenvalue weighted by Gasteiger charge is -2.39. The highest BCUT2D eigenvalue weighted by atomic mass is 35.5. The number of phenolic OH excluding ortho intramolecular Hbond substituents is 1. The number of hydrogen-bond donors (Lipinski definition) is 10. The summed E-state index contributed by atoms with van der Waals surface area (Å²) in [6.07, 6.45) is -6.82. The number of aliphatic hydroxyl groups is 5. The molecule has 1 unspecified atom stereocenters. The minimum absolute atomic E-state index is 0.0181. The highest BCUT2D eigenvalue weighted by molar-refractivity contribution is 7.46. The van der Waals surface area contributed by atoms with Crippen LogP contribution in [0.3, 0.4) is 0 Å². The third kappa shape index (κ3) is 6.97. The molecule has 0 bridgehead atoms. The number of alkyl halides is 1. The first-order chi connectivity index (χ1) is 16.8. The number of carbonyl (C=O) groups is 1. The second kappa shape index (κ2) is 12.4. The van der Waals surface area contributed by atoms with Gasteiger partial charge in [0.1, 0.15) is 24.1 Å². The summed E-state index contributed by atoms with van der Waals surface area (Å²) in [5.74, 6) is -3.91. The minimum Gasteiger partial charge on any atom is -0.508 e. The van der Waals surface area contributed by atoms with Gasteiger partial charge in [0.05, 0.1) is 18.0 Å². The molecule has 0 fully saturated rings. The molecule has 0 heterocycles. The first kappa shape index (κ1) is 30.0. The lowest BCUT2D eigenvalue weighted by Crippen LogP contribution is -2.62. The van der Waals surface area contributed by atoms with Crippen LogP contribution in [-0.4, -0.2) is 89.3 Å². The Balaban J connectivity index is 2.24. The predicted molar refractivity (Wildman–Crippen MR) is 130 cm³/mol. The molecule has 0 amide bonds. The molecule has 0 aliphatic heterocycles. The summed E-state index contributed by atoms with van der Waals surface area (Å²) in [7, 11) is -5.48. The Bertz CT molecular complexity index is 1100. The van der Waals surface area contributed by atoms with Gasteiger partial charge in [-0.25, -0.2) is 9.36 Å². The Kier molecular flexibility index (Phi) is 10.3. The van der Waals surface area contributed by atoms with E-state index in [1.165, 1.54) is 12.1 Å². The highest BCUT2D eigenvalue weighted by Crippen LogP contribution is 2.41. The van der Waals surface area contributed by atoms with Crippen molar-refractivity contribution in [2.45, 2.75) is 36.8 Å². The number of rotatable bonds is 13. The van der Waals surface area contributed by atoms with Crippen molar-refractivity contribution in [3.05, 3.63) is 30.3 Å². The molecule has 0 aromatic heterocycles. The van der Waals surface area contributed by atoms with E-state index < -0.39 is 56.1 Å². The normalized spacial score (nSPS) is 17.1. The van der Waals surface area contributed by atoms with Gasteiger partial charge in [0, 0.05) is 23.7 Å². The number of carbonyl (C=O) groups excluding carboxylic acids is 1. The van der Waals surface area contributed by atoms with E-state index in [1.807, 2.05) is 0 Å². The molecule has 0 spiro atoms. The number of nitrogens with two attached hydrogens (primary N) is 1. The molecule has 0 aliphatic rings. The molecule has 2 rings (SSSR count). The van der Waals surface area contributed by atoms with Crippen molar-refractivity contribution in [3.8, 4) is 5.75 Å². The van der Waals surface area contributed by atoms with Crippen molar-refractivity contribution >= 4 is 47.5 Å². The van der Waals surface area contributed by atoms with E-state index in [-0.39, 0.29) is 25.1 Å². The number of hydrogen-bond acceptors (Lipinski definition) is 11. The fourth-order valence-electron chi connectivity index (χ4n) is 3.79. The van der Waals surface area contributed by atoms with Crippen LogP contribution >= 0.6 is 19.4 Å². The van der Waals surface area contributed by atoms with Gasteiger partial charge in [-0.15, -0.1) is 11.6 Å². The van der Waals surface area contributed by atoms with Gasteiger partial charge in [-0.2, -0.15) is 0 Å². The zero-order chi connectivity index (χ0) is 27.3. The van der Waals surface area contributed by atoms with Crippen LogP contribution in [0, 0.1) is 5.92 Å². The second-order valence-electron chi connectivity index (χ2n) is 8.24. The summed E-state index contributed by atoms with van der Waals surface area (Å²) >= 11 is 5.91. The number of halogens is 1. The Morgan fingerprint density at radius 1 is 1.19 bits per heavy atom. The Morgan fingerprint density at radius 2 is 1.83 bits per heavy atom. The van der Waals surface area contributed by atoms with Crippen molar-refractivity contribution in [1.29, 1.82) is 0 Å². The number of aromatic hydroxyl groups is 1. The molecule has 11 N–H and O–H groups in total. The van der Waals surface area contributed by atoms with E-state index in [0.717, 1.165) is 5.39 Å². The summed E-state index contributed by atoms with van der Waals surface area (Å²) in [5.41, 5.74) is 3.76. The molecule has 0 aliphatic carbocycles. The van der Waals surface area contributed by atoms with E-state index >= 15 is 0 Å². The van der Waals surface area contributed by atoms with Gasteiger partial charge in [0.2, 0.25) is 0 Å². The number of fused-ring (bicyclic) bond motifs is 1. The van der Waals surface area contributed by atoms with Gasteiger partial charge in [-0.05, 0) is 36.4 Å². The van der Waals surface area contributed by atoms with E-state index in [9.17, 15) is 34.9 Å². The van der Waals surface area contributed by atoms with Gasteiger partial charge in [0.15, 0.2) is 5.60 Å². The molecule has 0 saturated heterocycles. The highest BCUT2D eigenvalue weighted by Gasteiger charge is 2.55. The largest absolute Gasteiger partial charge is 0.527 e. The number of phosphoric acid groups is 1. The maximum Gasteiger partial charge on any atom is 0.527 e. The van der Waals surface area contributed by atoms with Crippen molar-refractivity contribution in [1.82, 2.24) is 0 Å². The number of anilines is 2. The third-order valence-corrected chi connectivity index (χ3v) is 6.54. The average Bonchev–Trinajstić information content (AvgIpc) is 2.82. The Morgan fingerprint density at radius 3 is 2.42 bits per heavy atom. The fourth-order valence-corrected chi connectivity index (χ4v) is 4.54. The molecule has 0 radical (unpaired) electrons. The number of benzene rings is 2. The van der Waals surface area contributed by atoms with Crippen molar-refractivity contribution < 1.29 is 54.3 Å². The zero-order valence-corrected chi connectivity index (χ0v) is 20.6. The van der Waals surface area contributed by atoms with Crippen molar-refractivity contribution in [2.75, 3.05) is 30.1 Å². The topological polar surface area (TPSA) is 243 Å². The minimum atomic E-state index is -5.48. The summed E-state index contributed by atoms with van der Waals surface area (Å²) in [5, 5.41) is 64.6. The molecule has 0 saturated carbocycles. The second-order valence-corrected chi connectivity index (χ2v) is 9.71. The SMILES string of the molecule is Nc1ccc2ccc(O)cc2c1NCCCC(CCl)[C@](O)(C(=O)OP(=O)(O)O)[C@@H](O)[C@H](O)[C@H](O)CO. The smallest absolute Gasteiger partial charge is 0.508 e. The first-order valence-corrected chi connectivity index (χ1v) is 12.8. The molecule has 2 aromatic carbocycles. The van der Waals surface area contributed by atoms with Crippen LogP contribution in [0.15, 0.2) is 30.3 Å². The van der Waals surface area contributed by atoms with Gasteiger partial charge in [0.25, 0.3) is 0 Å². The van der Waals surface area contributed by atoms with Gasteiger partial charge < -0.3 is 46.2 Å². The Hall–Kier alpha value is -2.19. The van der Waals surface area contributed by atoms with Crippen molar-refractivity contribution in [2.24, 2.45) is 5.92 Å². The lowest BCUT2D eigenvalue weighted by molar-refractivity contribution is -0.201. The quantitative estimate of drug-likeness (QED) is 0.0659. The molecule has 36 heavy (non-hydrogen) atoms. The van der Waals surface area contributed by atoms with Crippen molar-refractivity contribution in [3.63, 3.8) is 0 Å². The lowest BCUT2D eigenvalue weighted by atomic mass is 9.78. The standard InChI is InChI=1S/C21H30ClN2O11P/c22-9-12(21(31,20(30)35-36(32,33)34)19(29)18(28)16(27)10-25)2-1-7-24-17-14-8-13(26)5-3-11(14)4-6-15(17)23/h3-6,8,12,16,18-19,24-29,31H,1-2,7,9-10,23H2,(H2,32,33,34)/t12?,16-,18-,19+,21-/m1/s1. The molecule has 5 atom stereocenters. The van der Waals surface area contributed by atoms with E-state index in [2.05, 4.69) is 9.84 Å². The number of phosphoric ester groups is 1. The van der Waals surface area contributed by atoms with Crippen LogP contribution in [0.25, 0.3) is 10.8 Å². The van der Waals surface area contributed by atoms with Crippen LogP contribution in [0.4, 0.5) is 11.4 Å². The summed E-state index contributed by atoms with van der Waals surface area (Å²) in [6.45, 7) is -0.882. The molecule has 202 valence electrons. The number of aliphatic hydroxyl groups excluding tert-OH is 4.